The summed E-state index contributed by atoms with van der Waals surface area (Å²) in [6.45, 7) is 29.8. The number of nitrogens with zero attached hydrogens (tertiary/aromatic N) is 15. The molecule has 4 spiro atoms. The van der Waals surface area contributed by atoms with Crippen LogP contribution in [0.25, 0.3) is 0 Å². The minimum Gasteiger partial charge on any atom is -0.443 e. The van der Waals surface area contributed by atoms with Crippen LogP contribution in [0.2, 0.25) is 0 Å². The van der Waals surface area contributed by atoms with Gasteiger partial charge in [0.25, 0.3) is 65.1 Å². The van der Waals surface area contributed by atoms with Crippen molar-refractivity contribution in [1.29, 1.82) is 0 Å². The van der Waals surface area contributed by atoms with Crippen molar-refractivity contribution in [3.63, 3.8) is 0 Å². The molecule has 0 bridgehead atoms. The van der Waals surface area contributed by atoms with E-state index in [1.54, 1.807) is 141 Å². The number of ether oxygens (including phenoxy) is 4. The first-order valence-electron chi connectivity index (χ1n) is 44.0. The largest absolute Gasteiger partial charge is 0.443 e. The number of halogens is 12. The van der Waals surface area contributed by atoms with Crippen molar-refractivity contribution in [3.05, 3.63) is 157 Å². The highest BCUT2D eigenvalue weighted by molar-refractivity contribution is 9.10. The zero-order chi connectivity index (χ0) is 103. The molecule has 0 unspecified atom stereocenters. The second kappa shape index (κ2) is 45.3. The third-order valence-electron chi connectivity index (χ3n) is 22.5. The smallest absolute Gasteiger partial charge is 0.425 e. The van der Waals surface area contributed by atoms with Crippen molar-refractivity contribution < 1.29 is 92.4 Å². The standard InChI is InChI=1S/C28H37F2N7O6.C18H21F2N7O2.C14H16BrF2N3O2.C14H22N4O4.C12H14BrN3O2.C2H3BrF2.ClH/c1-16-12-17(23(39)37-21(16)22(38)34-28(37)8-10-35(11-9-28)14-18(29)30)33-19-13-20(32-15-31-19)36(24(40)42-26(2,3)4)25(41)43-27(5,6)7;1-10-6-11(24-14-7-13(21)22-9-23-14)17(29)27-15(10)16(28)25-18(27)2-4-26(5-3-18)8-12(19)20;1-8-6-9(15)13(22)20-11(8)12(21)18-14(20)2-4-19(5-3-14)7-10(16)17;1-13(2,3)21-11(19)18(12(20)22-14(4,5)6)10-7-9(15)16-8-17-10;1-7-6-8(13)11(18)16-9(7)10(17)15-12(16)2-4-14-5-3-12;3-1-2(4)5;/h12-13,15,18H,8-11,14H2,1-7H3,(H,34,38)(H,31,32,33);6-7,9,12H,2-5,8H2,1H3,(H,25,28)(H3,21,22,23,24);6,10H,2-5,7H2,1H3,(H,18,21);7-8H,1-6H3,(H2,15,16,17);6,14H,2-5H2,1H3,(H,15,17);2H,1H2;1H. The maximum atomic E-state index is 13.8. The van der Waals surface area contributed by atoms with Gasteiger partial charge in [-0.15, -0.1) is 12.4 Å². The van der Waals surface area contributed by atoms with Crippen molar-refractivity contribution in [2.45, 2.75) is 233 Å². The fraction of sp³-hybridized carbons (Fsp3) is 0.545. The molecule has 11 N–H and O–H groups in total. The highest BCUT2D eigenvalue weighted by atomic mass is 79.9. The van der Waals surface area contributed by atoms with Crippen molar-refractivity contribution >= 4 is 154 Å². The van der Waals surface area contributed by atoms with Gasteiger partial charge in [-0.2, -0.15) is 9.80 Å². The van der Waals surface area contributed by atoms with E-state index in [0.717, 1.165) is 49.7 Å². The lowest BCUT2D eigenvalue weighted by molar-refractivity contribution is 0.0390. The number of hydrogen-bond acceptors (Lipinski definition) is 30. The van der Waals surface area contributed by atoms with Gasteiger partial charge in [0.2, 0.25) is 6.43 Å². The van der Waals surface area contributed by atoms with Crippen LogP contribution in [0.3, 0.4) is 0 Å². The lowest BCUT2D eigenvalue weighted by Crippen LogP contribution is -2.55. The van der Waals surface area contributed by atoms with E-state index in [0.29, 0.717) is 105 Å². The molecule has 7 aromatic rings. The molecule has 15 rings (SSSR count). The molecule has 15 heterocycles. The summed E-state index contributed by atoms with van der Waals surface area (Å²) >= 11 is 9.08. The van der Waals surface area contributed by atoms with Crippen LogP contribution in [0.4, 0.5) is 101 Å². The summed E-state index contributed by atoms with van der Waals surface area (Å²) in [7, 11) is 0. The Labute approximate surface area is 830 Å². The van der Waals surface area contributed by atoms with Gasteiger partial charge in [-0.3, -0.25) is 71.3 Å². The number of alkyl halides is 9. The number of pyridine rings is 4. The molecule has 4 saturated heterocycles. The quantitative estimate of drug-likeness (QED) is 0.0294. The highest BCUT2D eigenvalue weighted by Gasteiger charge is 2.52. The molecule has 8 aliphatic heterocycles. The summed E-state index contributed by atoms with van der Waals surface area (Å²) in [6.07, 6.45) is -6.21. The number of nitrogen functional groups attached to an aromatic ring is 2. The third kappa shape index (κ3) is 27.3. The van der Waals surface area contributed by atoms with Gasteiger partial charge in [0.1, 0.15) is 121 Å². The number of imide groups is 2. The third-order valence-corrected chi connectivity index (χ3v) is 24.1. The minimum atomic E-state index is -2.49. The number of fused-ring (bicyclic) bond motifs is 8. The number of amides is 8. The Morgan fingerprint density at radius 1 is 0.400 bits per heavy atom. The van der Waals surface area contributed by atoms with Gasteiger partial charge in [-0.1, -0.05) is 15.9 Å². The predicted octanol–water partition coefficient (Wildman–Crippen LogP) is 12.3. The molecule has 8 aliphatic rings. The average Bonchev–Trinajstić information content (AvgIpc) is 1.59. The molecule has 4 fully saturated rings. The maximum absolute atomic E-state index is 13.8. The number of aryl methyl sites for hydroxylation is 4. The summed E-state index contributed by atoms with van der Waals surface area (Å²) in [5.74, 6) is -0.566. The SMILES string of the molecule is CC(C)(C)OC(=O)N(C(=O)OC(C)(C)C)c1cc(N)ncn1.Cc1cc(Br)c(=O)n2c1C(=O)NC21CCN(CC(F)F)CC1.Cc1cc(Br)c(=O)n2c1C(=O)NC21CCNCC1.Cc1cc(Nc2cc(N(C(=O)OC(C)(C)C)C(=O)OC(C)(C)C)ncn2)c(=O)n2c1C(=O)NC21CCN(CC(F)F)CC1.Cc1cc(Nc2cc(N)ncn2)c(=O)n2c1C(=O)NC21CCN(CC(F)F)CC1.Cl.FC(F)CBr. The number of carbonyl (C=O) groups excluding carboxylic acids is 8. The van der Waals surface area contributed by atoms with Crippen LogP contribution in [0.5, 0.6) is 0 Å². The first-order chi connectivity index (χ1) is 64.7. The van der Waals surface area contributed by atoms with Crippen LogP contribution in [0.1, 0.15) is 199 Å². The monoisotopic (exact) mass is 2190 g/mol. The molecule has 7 aromatic heterocycles. The van der Waals surface area contributed by atoms with E-state index < -0.39 is 107 Å². The second-order valence-electron chi connectivity index (χ2n) is 37.8. The van der Waals surface area contributed by atoms with E-state index in [1.807, 2.05) is 6.92 Å². The summed E-state index contributed by atoms with van der Waals surface area (Å²) in [4.78, 5) is 182. The molecule has 40 nitrogen and oxygen atoms in total. The molecule has 766 valence electrons. The number of carbonyl (C=O) groups is 8. The fourth-order valence-electron chi connectivity index (χ4n) is 16.8. The Morgan fingerprint density at radius 2 is 0.657 bits per heavy atom. The number of nitrogens with two attached hydrogens (primary N) is 2. The van der Waals surface area contributed by atoms with Crippen LogP contribution >= 0.6 is 60.2 Å². The van der Waals surface area contributed by atoms with Gasteiger partial charge in [0.15, 0.2) is 11.6 Å². The molecule has 52 heteroatoms. The molecule has 8 amide bonds. The Hall–Kier alpha value is -11.4. The van der Waals surface area contributed by atoms with Crippen LogP contribution in [-0.2, 0) is 41.6 Å². The fourth-order valence-corrected chi connectivity index (χ4v) is 17.8. The number of piperidine rings is 4. The Kier molecular flexibility index (Phi) is 36.3. The number of likely N-dealkylation sites (tertiary alicyclic amines) is 3. The van der Waals surface area contributed by atoms with Crippen molar-refractivity contribution in [1.82, 2.24) is 89.5 Å². The van der Waals surface area contributed by atoms with E-state index in [-0.39, 0.29) is 144 Å². The molecule has 0 aliphatic carbocycles. The molecule has 0 atom stereocenters. The van der Waals surface area contributed by atoms with E-state index in [1.165, 1.54) is 44.3 Å². The summed E-state index contributed by atoms with van der Waals surface area (Å²) < 4.78 is 126. The van der Waals surface area contributed by atoms with E-state index in [2.05, 4.69) is 115 Å². The number of hydrogen-bond donors (Lipinski definition) is 9. The first kappa shape index (κ1) is 112. The lowest BCUT2D eigenvalue weighted by atomic mass is 9.96. The number of anilines is 8. The molecular weight excluding hydrogens is 2080 g/mol. The van der Waals surface area contributed by atoms with E-state index >= 15 is 0 Å². The topological polar surface area (TPSA) is 491 Å². The normalized spacial score (nSPS) is 16.9. The predicted molar refractivity (Wildman–Crippen MR) is 514 cm³/mol. The zero-order valence-electron chi connectivity index (χ0n) is 79.7. The number of aromatic nitrogens is 10. The van der Waals surface area contributed by atoms with Crippen LogP contribution in [0.15, 0.2) is 89.6 Å². The van der Waals surface area contributed by atoms with Gasteiger partial charge in [-0.25, -0.2) is 84.2 Å². The first-order valence-corrected chi connectivity index (χ1v) is 46.7. The van der Waals surface area contributed by atoms with Gasteiger partial charge in [-0.05, 0) is 202 Å². The Morgan fingerprint density at radius 3 is 0.936 bits per heavy atom. The molecule has 0 radical (unpaired) electrons. The van der Waals surface area contributed by atoms with Gasteiger partial charge in [0, 0.05) is 109 Å². The van der Waals surface area contributed by atoms with Crippen molar-refractivity contribution in [3.8, 4) is 0 Å². The van der Waals surface area contributed by atoms with Crippen molar-refractivity contribution in [2.24, 2.45) is 0 Å². The molecule has 0 aromatic carbocycles. The highest BCUT2D eigenvalue weighted by Crippen LogP contribution is 2.40. The van der Waals surface area contributed by atoms with Crippen LogP contribution < -0.4 is 80.7 Å². The Bertz CT molecular complexity index is 5970. The van der Waals surface area contributed by atoms with Crippen LogP contribution in [0, 0.1) is 27.7 Å². The minimum absolute atomic E-state index is 0. The molecule has 140 heavy (non-hydrogen) atoms. The number of nitrogens with one attached hydrogen (secondary N) is 7. The van der Waals surface area contributed by atoms with E-state index in [9.17, 15) is 92.7 Å². The summed E-state index contributed by atoms with van der Waals surface area (Å²) in [5.41, 5.74) is 7.53. The average molecular weight is 2190 g/mol. The van der Waals surface area contributed by atoms with Gasteiger partial charge in [0.05, 0.1) is 33.9 Å². The summed E-state index contributed by atoms with van der Waals surface area (Å²) in [5, 5.41) is 20.7. The number of rotatable bonds is 13. The lowest BCUT2D eigenvalue weighted by Gasteiger charge is -2.40. The van der Waals surface area contributed by atoms with Gasteiger partial charge >= 0.3 is 24.4 Å². The van der Waals surface area contributed by atoms with Crippen molar-refractivity contribution in [2.75, 3.05) is 109 Å². The van der Waals surface area contributed by atoms with Gasteiger partial charge < -0.3 is 67.6 Å². The molecular formula is C88H114Br3ClF8N24O16. The molecule has 0 saturated carbocycles. The maximum Gasteiger partial charge on any atom is 0.425 e. The summed E-state index contributed by atoms with van der Waals surface area (Å²) in [6, 6.07) is 10.5. The second-order valence-corrected chi connectivity index (χ2v) is 40.2. The van der Waals surface area contributed by atoms with E-state index in [4.69, 9.17) is 30.4 Å². The van der Waals surface area contributed by atoms with Crippen LogP contribution in [-0.4, -0.2) is 236 Å². The zero-order valence-corrected chi connectivity index (χ0v) is 85.3. The Balaban J connectivity index is 0.000000199.